The Hall–Kier alpha value is -1.93. The van der Waals surface area contributed by atoms with Crippen LogP contribution in [0.2, 0.25) is 0 Å². The molecule has 3 unspecified atom stereocenters. The summed E-state index contributed by atoms with van der Waals surface area (Å²) >= 11 is 0. The molecule has 1 aliphatic rings. The molecule has 1 fully saturated rings. The van der Waals surface area contributed by atoms with E-state index in [-0.39, 0.29) is 12.5 Å². The molecule has 8 heteroatoms. The van der Waals surface area contributed by atoms with E-state index in [9.17, 15) is 14.4 Å². The normalized spacial score (nSPS) is 22.9. The van der Waals surface area contributed by atoms with E-state index in [1.807, 2.05) is 0 Å². The van der Waals surface area contributed by atoms with Crippen molar-refractivity contribution in [2.75, 3.05) is 6.54 Å². The van der Waals surface area contributed by atoms with Crippen LogP contribution in [0.3, 0.4) is 0 Å². The molecule has 140 valence electrons. The second-order valence-electron chi connectivity index (χ2n) is 6.42. The summed E-state index contributed by atoms with van der Waals surface area (Å²) in [5, 5.41) is 0. The van der Waals surface area contributed by atoms with Crippen molar-refractivity contribution in [1.29, 1.82) is 0 Å². The number of aromatic amines is 1. The highest BCUT2D eigenvalue weighted by molar-refractivity contribution is 5.69. The maximum Gasteiger partial charge on any atom is 0.330 e. The Bertz CT molecular complexity index is 696. The highest BCUT2D eigenvalue weighted by Gasteiger charge is 2.38. The number of nitrogens with one attached hydrogen (secondary N) is 1. The third kappa shape index (κ3) is 5.02. The molecule has 8 nitrogen and oxygen atoms in total. The number of H-pyrrole nitrogens is 1. The van der Waals surface area contributed by atoms with Gasteiger partial charge >= 0.3 is 11.7 Å². The number of unbranched alkanes of at least 4 members (excludes halogenated alkanes) is 3. The highest BCUT2D eigenvalue weighted by atomic mass is 16.6. The van der Waals surface area contributed by atoms with E-state index in [4.69, 9.17) is 15.2 Å². The van der Waals surface area contributed by atoms with E-state index in [0.29, 0.717) is 18.4 Å². The van der Waals surface area contributed by atoms with Crippen molar-refractivity contribution in [3.8, 4) is 0 Å². The Balaban J connectivity index is 2.00. The smallest absolute Gasteiger partial charge is 0.330 e. The molecule has 0 spiro atoms. The van der Waals surface area contributed by atoms with Crippen molar-refractivity contribution >= 4 is 5.97 Å². The minimum atomic E-state index is -0.616. The fourth-order valence-electron chi connectivity index (χ4n) is 2.93. The van der Waals surface area contributed by atoms with Crippen molar-refractivity contribution in [3.05, 3.63) is 32.6 Å². The number of rotatable bonds is 8. The average molecular weight is 353 g/mol. The summed E-state index contributed by atoms with van der Waals surface area (Å²) in [6.45, 7) is 3.90. The van der Waals surface area contributed by atoms with Gasteiger partial charge in [-0.15, -0.1) is 0 Å². The third-order valence-electron chi connectivity index (χ3n) is 4.39. The Morgan fingerprint density at radius 2 is 2.16 bits per heavy atom. The highest BCUT2D eigenvalue weighted by Crippen LogP contribution is 2.29. The van der Waals surface area contributed by atoms with Gasteiger partial charge in [-0.1, -0.05) is 26.2 Å². The molecule has 3 atom stereocenters. The van der Waals surface area contributed by atoms with Crippen LogP contribution in [-0.2, 0) is 14.3 Å². The molecule has 0 bridgehead atoms. The average Bonchev–Trinajstić information content (AvgIpc) is 2.97. The van der Waals surface area contributed by atoms with Crippen LogP contribution >= 0.6 is 0 Å². The molecule has 1 saturated heterocycles. The maximum absolute atomic E-state index is 12.0. The van der Waals surface area contributed by atoms with Crippen LogP contribution in [0.15, 0.2) is 15.8 Å². The summed E-state index contributed by atoms with van der Waals surface area (Å²) in [6, 6.07) is 0. The third-order valence-corrected chi connectivity index (χ3v) is 4.39. The summed E-state index contributed by atoms with van der Waals surface area (Å²) in [5.74, 6) is -0.270. The molecule has 0 aromatic carbocycles. The summed E-state index contributed by atoms with van der Waals surface area (Å²) in [7, 11) is 0. The van der Waals surface area contributed by atoms with Crippen molar-refractivity contribution in [2.24, 2.45) is 5.73 Å². The molecule has 3 N–H and O–H groups in total. The van der Waals surface area contributed by atoms with Crippen LogP contribution < -0.4 is 17.0 Å². The molecule has 0 saturated carbocycles. The number of aromatic nitrogens is 2. The molecule has 0 radical (unpaired) electrons. The van der Waals surface area contributed by atoms with Crippen molar-refractivity contribution in [3.63, 3.8) is 0 Å². The predicted octanol–water partition coefficient (Wildman–Crippen LogP) is 0.973. The van der Waals surface area contributed by atoms with Gasteiger partial charge in [0, 0.05) is 31.1 Å². The van der Waals surface area contributed by atoms with E-state index >= 15 is 0 Å². The Morgan fingerprint density at radius 1 is 1.40 bits per heavy atom. The predicted molar refractivity (Wildman–Crippen MR) is 92.3 cm³/mol. The van der Waals surface area contributed by atoms with Crippen LogP contribution in [0, 0.1) is 6.92 Å². The number of nitrogens with zero attached hydrogens (tertiary/aromatic N) is 1. The maximum atomic E-state index is 12.0. The first-order valence-electron chi connectivity index (χ1n) is 8.83. The lowest BCUT2D eigenvalue weighted by atomic mass is 10.1. The molecular weight excluding hydrogens is 326 g/mol. The minimum absolute atomic E-state index is 0.182. The Labute approximate surface area is 146 Å². The van der Waals surface area contributed by atoms with Gasteiger partial charge in [-0.3, -0.25) is 19.1 Å². The van der Waals surface area contributed by atoms with Crippen molar-refractivity contribution < 1.29 is 14.3 Å². The van der Waals surface area contributed by atoms with Gasteiger partial charge in [-0.05, 0) is 13.3 Å². The molecule has 2 heterocycles. The monoisotopic (exact) mass is 353 g/mol. The van der Waals surface area contributed by atoms with Crippen molar-refractivity contribution in [1.82, 2.24) is 9.55 Å². The number of hydrogen-bond donors (Lipinski definition) is 2. The summed E-state index contributed by atoms with van der Waals surface area (Å²) in [6.07, 6.45) is 4.58. The number of esters is 1. The molecule has 0 aliphatic carbocycles. The fraction of sp³-hybridized carbons (Fsp3) is 0.706. The quantitative estimate of drug-likeness (QED) is 0.531. The summed E-state index contributed by atoms with van der Waals surface area (Å²) in [4.78, 5) is 37.7. The molecule has 1 aromatic heterocycles. The van der Waals surface area contributed by atoms with Gasteiger partial charge in [-0.2, -0.15) is 0 Å². The van der Waals surface area contributed by atoms with E-state index in [1.165, 1.54) is 10.8 Å². The summed E-state index contributed by atoms with van der Waals surface area (Å²) in [5.41, 5.74) is 5.14. The van der Waals surface area contributed by atoms with E-state index < -0.39 is 29.7 Å². The second kappa shape index (κ2) is 8.96. The lowest BCUT2D eigenvalue weighted by Gasteiger charge is -2.17. The van der Waals surface area contributed by atoms with Gasteiger partial charge in [0.1, 0.15) is 18.4 Å². The number of carbonyl (C=O) groups is 1. The van der Waals surface area contributed by atoms with Gasteiger partial charge in [0.05, 0.1) is 0 Å². The van der Waals surface area contributed by atoms with Gasteiger partial charge in [0.25, 0.3) is 5.56 Å². The number of nitrogens with two attached hydrogens (primary N) is 1. The van der Waals surface area contributed by atoms with Gasteiger partial charge < -0.3 is 15.2 Å². The van der Waals surface area contributed by atoms with Gasteiger partial charge in [-0.25, -0.2) is 4.79 Å². The molecule has 1 aromatic rings. The van der Waals surface area contributed by atoms with Crippen LogP contribution in [0.1, 0.15) is 57.2 Å². The zero-order chi connectivity index (χ0) is 18.4. The zero-order valence-electron chi connectivity index (χ0n) is 14.8. The minimum Gasteiger partial charge on any atom is -0.459 e. The molecule has 2 rings (SSSR count). The van der Waals surface area contributed by atoms with E-state index in [1.54, 1.807) is 6.92 Å². The Morgan fingerprint density at radius 3 is 2.84 bits per heavy atom. The van der Waals surface area contributed by atoms with Crippen LogP contribution in [0.5, 0.6) is 0 Å². The SMILES string of the molecule is CCCCCCC(=O)OC1CC(n2cc(C)c(=O)[nH]c2=O)OC1CN. The summed E-state index contributed by atoms with van der Waals surface area (Å²) < 4.78 is 12.6. The Kier molecular flexibility index (Phi) is 6.95. The molecule has 1 aliphatic heterocycles. The van der Waals surface area contributed by atoms with Crippen LogP contribution in [0.25, 0.3) is 0 Å². The second-order valence-corrected chi connectivity index (χ2v) is 6.42. The molecule has 25 heavy (non-hydrogen) atoms. The van der Waals surface area contributed by atoms with Crippen LogP contribution in [-0.4, -0.2) is 34.3 Å². The lowest BCUT2D eigenvalue weighted by molar-refractivity contribution is -0.151. The first-order chi connectivity index (χ1) is 12.0. The number of carbonyl (C=O) groups excluding carboxylic acids is 1. The zero-order valence-corrected chi connectivity index (χ0v) is 14.8. The number of hydrogen-bond acceptors (Lipinski definition) is 6. The first kappa shape index (κ1) is 19.4. The standard InChI is InChI=1S/C17H27N3O5/c1-3-4-5-6-7-15(21)25-12-8-14(24-13(12)9-18)20-10-11(2)16(22)19-17(20)23/h10,12-14H,3-9,18H2,1-2H3,(H,19,22,23). The molecular formula is C17H27N3O5. The number of ether oxygens (including phenoxy) is 2. The fourth-order valence-corrected chi connectivity index (χ4v) is 2.93. The topological polar surface area (TPSA) is 116 Å². The van der Waals surface area contributed by atoms with E-state index in [0.717, 1.165) is 25.7 Å². The lowest BCUT2D eigenvalue weighted by Crippen LogP contribution is -2.34. The first-order valence-corrected chi connectivity index (χ1v) is 8.83. The van der Waals surface area contributed by atoms with Gasteiger partial charge in [0.15, 0.2) is 0 Å². The van der Waals surface area contributed by atoms with Gasteiger partial charge in [0.2, 0.25) is 0 Å². The van der Waals surface area contributed by atoms with Crippen LogP contribution in [0.4, 0.5) is 0 Å². The van der Waals surface area contributed by atoms with Crippen molar-refractivity contribution in [2.45, 2.75) is 70.8 Å². The van der Waals surface area contributed by atoms with E-state index in [2.05, 4.69) is 11.9 Å². The number of aryl methyl sites for hydroxylation is 1. The molecule has 0 amide bonds. The largest absolute Gasteiger partial charge is 0.459 e.